The molecule has 0 saturated heterocycles. The molecule has 0 aromatic carbocycles. The third-order valence-corrected chi connectivity index (χ3v) is 18.5. The Kier molecular flexibility index (Phi) is 64.9. The smallest absolute Gasteiger partial charge is 0.381 e. The Morgan fingerprint density at radius 2 is 0.462 bits per heavy atom. The molecule has 0 rings (SSSR count). The van der Waals surface area contributed by atoms with E-state index in [1.54, 1.807) is 0 Å². The minimum absolute atomic E-state index is 0.0763. The zero-order valence-corrected chi connectivity index (χ0v) is 54.8. The molecule has 0 fully saturated rings. The summed E-state index contributed by atoms with van der Waals surface area (Å²) in [6.07, 6.45) is 68.7. The summed E-state index contributed by atoms with van der Waals surface area (Å²) in [6.45, 7) is 10.9. The lowest BCUT2D eigenvalue weighted by atomic mass is 10.0. The van der Waals surface area contributed by atoms with E-state index in [1.165, 1.54) is 276 Å². The van der Waals surface area contributed by atoms with Crippen molar-refractivity contribution in [3.63, 3.8) is 0 Å². The number of hydrogen-bond donors (Lipinski definition) is 1. The Morgan fingerprint density at radius 3 is 0.731 bits per heavy atom. The number of phosphoric ester groups is 2. The van der Waals surface area contributed by atoms with Crippen LogP contribution in [0.5, 0.6) is 0 Å². The quantitative estimate of drug-likeness (QED) is 0.0470. The highest BCUT2D eigenvalue weighted by Crippen LogP contribution is 2.52. The summed E-state index contributed by atoms with van der Waals surface area (Å²) >= 11 is 0. The second-order valence-electron chi connectivity index (χ2n) is 23.8. The van der Waals surface area contributed by atoms with Crippen molar-refractivity contribution < 1.29 is 41.4 Å². The fourth-order valence-electron chi connectivity index (χ4n) is 10.7. The highest BCUT2D eigenvalue weighted by molar-refractivity contribution is 7.48. The van der Waals surface area contributed by atoms with E-state index in [-0.39, 0.29) is 19.6 Å². The first kappa shape index (κ1) is 78.2. The summed E-state index contributed by atoms with van der Waals surface area (Å²) in [6, 6.07) is 0. The van der Waals surface area contributed by atoms with Gasteiger partial charge in [0.1, 0.15) is 0 Å². The summed E-state index contributed by atoms with van der Waals surface area (Å²) in [5.74, 6) is 0. The van der Waals surface area contributed by atoms with Crippen LogP contribution in [0.3, 0.4) is 0 Å². The molecule has 0 amide bonds. The average Bonchev–Trinajstić information content (AvgIpc) is 3.43. The molecule has 9 nitrogen and oxygen atoms in total. The molecular weight excluding hydrogens is 1010 g/mol. The first-order valence-corrected chi connectivity index (χ1v) is 38.0. The van der Waals surface area contributed by atoms with E-state index in [1.807, 2.05) is 0 Å². The highest BCUT2D eigenvalue weighted by atomic mass is 31.2. The molecule has 0 heterocycles. The van der Waals surface area contributed by atoms with E-state index in [9.17, 15) is 14.0 Å². The van der Waals surface area contributed by atoms with Gasteiger partial charge in [-0.05, 0) is 38.5 Å². The van der Waals surface area contributed by atoms with Gasteiger partial charge in [0.05, 0.1) is 32.5 Å². The number of hydrogen-bond acceptors (Lipinski definition) is 8. The predicted octanol–water partition coefficient (Wildman–Crippen LogP) is 24.6. The van der Waals surface area contributed by atoms with E-state index >= 15 is 0 Å². The molecule has 0 aliphatic carbocycles. The predicted molar refractivity (Wildman–Crippen MR) is 338 cm³/mol. The van der Waals surface area contributed by atoms with E-state index in [2.05, 4.69) is 27.7 Å². The normalized spacial score (nSPS) is 13.2. The zero-order valence-electron chi connectivity index (χ0n) is 53.0. The van der Waals surface area contributed by atoms with E-state index < -0.39 is 21.7 Å². The SMILES string of the molecule is CCCCCCCCCCCCCCCCCCOP(=O)(O)OCCC(CCOCCCCCCCC)OP(=O)(OCCCCCCCCCCCCCCCCCC)OCCCCCCCCCCCCCCCCCC. The monoisotopic (exact) mass is 1150 g/mol. The molecule has 2 unspecified atom stereocenters. The molecule has 11 heteroatoms. The second-order valence-corrected chi connectivity index (χ2v) is 26.9. The van der Waals surface area contributed by atoms with Gasteiger partial charge in [-0.3, -0.25) is 22.6 Å². The van der Waals surface area contributed by atoms with Crippen LogP contribution in [0.4, 0.5) is 0 Å². The van der Waals surface area contributed by atoms with E-state index in [0.29, 0.717) is 32.8 Å². The number of rotatable bonds is 70. The number of phosphoric acid groups is 2. The lowest BCUT2D eigenvalue weighted by Gasteiger charge is -2.24. The van der Waals surface area contributed by atoms with Gasteiger partial charge in [-0.25, -0.2) is 9.13 Å². The summed E-state index contributed by atoms with van der Waals surface area (Å²) in [5.41, 5.74) is 0. The van der Waals surface area contributed by atoms with Gasteiger partial charge in [0.2, 0.25) is 0 Å². The lowest BCUT2D eigenvalue weighted by molar-refractivity contribution is 0.0376. The first-order valence-electron chi connectivity index (χ1n) is 35.1. The van der Waals surface area contributed by atoms with Gasteiger partial charge in [-0.2, -0.15) is 0 Å². The van der Waals surface area contributed by atoms with Crippen molar-refractivity contribution in [3.8, 4) is 0 Å². The third-order valence-electron chi connectivity index (χ3n) is 15.9. The Balaban J connectivity index is 5.03. The van der Waals surface area contributed by atoms with Gasteiger partial charge < -0.3 is 9.63 Å². The Hall–Kier alpha value is 0.180. The lowest BCUT2D eigenvalue weighted by Crippen LogP contribution is -2.19. The van der Waals surface area contributed by atoms with Crippen LogP contribution in [0.25, 0.3) is 0 Å². The van der Waals surface area contributed by atoms with Crippen molar-refractivity contribution >= 4 is 15.6 Å². The molecule has 0 aromatic heterocycles. The zero-order chi connectivity index (χ0) is 56.7. The standard InChI is InChI=1S/C67H138O9P2/c1-5-9-13-17-21-24-27-30-33-36-39-42-45-48-52-56-62-72-77(68,69)73-66-60-67(59-65-71-61-55-51-20-16-12-8-4)76-78(70,74-63-57-53-49-46-43-40-37-34-31-28-25-22-18-14-10-6-2)75-64-58-54-50-47-44-41-38-35-32-29-26-23-19-15-11-7-3/h67H,5-66H2,1-4H3,(H,68,69). The Labute approximate surface area is 487 Å². The minimum atomic E-state index is -4.26. The third kappa shape index (κ3) is 62.2. The van der Waals surface area contributed by atoms with Crippen molar-refractivity contribution in [1.82, 2.24) is 0 Å². The van der Waals surface area contributed by atoms with Gasteiger partial charge in [0, 0.05) is 13.2 Å². The molecule has 0 bridgehead atoms. The summed E-state index contributed by atoms with van der Waals surface area (Å²) < 4.78 is 62.9. The molecule has 470 valence electrons. The summed E-state index contributed by atoms with van der Waals surface area (Å²) in [5, 5.41) is 0. The molecule has 0 aromatic rings. The second kappa shape index (κ2) is 64.7. The van der Waals surface area contributed by atoms with Crippen molar-refractivity contribution in [2.45, 2.75) is 393 Å². The minimum Gasteiger partial charge on any atom is -0.381 e. The maximum absolute atomic E-state index is 14.5. The first-order chi connectivity index (χ1) is 38.3. The topological polar surface area (TPSA) is 110 Å². The van der Waals surface area contributed by atoms with Crippen LogP contribution in [0.15, 0.2) is 0 Å². The van der Waals surface area contributed by atoms with Crippen LogP contribution in [0.1, 0.15) is 387 Å². The summed E-state index contributed by atoms with van der Waals surface area (Å²) in [4.78, 5) is 10.6. The van der Waals surface area contributed by atoms with Crippen LogP contribution in [-0.2, 0) is 36.5 Å². The maximum atomic E-state index is 14.5. The van der Waals surface area contributed by atoms with Crippen molar-refractivity contribution in [2.24, 2.45) is 0 Å². The molecule has 0 saturated carbocycles. The van der Waals surface area contributed by atoms with Gasteiger partial charge in [-0.1, -0.05) is 349 Å². The maximum Gasteiger partial charge on any atom is 0.475 e. The van der Waals surface area contributed by atoms with Gasteiger partial charge in [-0.15, -0.1) is 0 Å². The largest absolute Gasteiger partial charge is 0.475 e. The molecule has 0 radical (unpaired) electrons. The summed E-state index contributed by atoms with van der Waals surface area (Å²) in [7, 11) is -8.19. The highest BCUT2D eigenvalue weighted by Gasteiger charge is 2.32. The molecule has 0 aliphatic rings. The van der Waals surface area contributed by atoms with Crippen molar-refractivity contribution in [2.75, 3.05) is 39.6 Å². The van der Waals surface area contributed by atoms with Crippen LogP contribution >= 0.6 is 15.6 Å². The van der Waals surface area contributed by atoms with Crippen LogP contribution in [0, 0.1) is 0 Å². The molecule has 0 spiro atoms. The molecule has 1 N–H and O–H groups in total. The molecule has 78 heavy (non-hydrogen) atoms. The van der Waals surface area contributed by atoms with Gasteiger partial charge >= 0.3 is 15.6 Å². The van der Waals surface area contributed by atoms with E-state index in [0.717, 1.165) is 70.6 Å². The van der Waals surface area contributed by atoms with Gasteiger partial charge in [0.15, 0.2) is 0 Å². The number of unbranched alkanes of at least 4 members (excludes halogenated alkanes) is 50. The fourth-order valence-corrected chi connectivity index (χ4v) is 12.9. The van der Waals surface area contributed by atoms with Crippen molar-refractivity contribution in [1.29, 1.82) is 0 Å². The van der Waals surface area contributed by atoms with Crippen molar-refractivity contribution in [3.05, 3.63) is 0 Å². The molecule has 0 aliphatic heterocycles. The van der Waals surface area contributed by atoms with Crippen LogP contribution in [-0.4, -0.2) is 50.6 Å². The van der Waals surface area contributed by atoms with Gasteiger partial charge in [0.25, 0.3) is 0 Å². The van der Waals surface area contributed by atoms with E-state index in [4.69, 9.17) is 27.4 Å². The van der Waals surface area contributed by atoms with Crippen LogP contribution < -0.4 is 0 Å². The molecule has 2 atom stereocenters. The fraction of sp³-hybridized carbons (Fsp3) is 1.00. The Morgan fingerprint density at radius 1 is 0.256 bits per heavy atom. The average molecular weight is 1150 g/mol. The Bertz CT molecular complexity index is 1180. The molecular formula is C67H138O9P2. The van der Waals surface area contributed by atoms with Crippen LogP contribution in [0.2, 0.25) is 0 Å². The number of ether oxygens (including phenoxy) is 1.